The Labute approximate surface area is 147 Å². The van der Waals surface area contributed by atoms with Gasteiger partial charge in [0.15, 0.2) is 0 Å². The van der Waals surface area contributed by atoms with Gasteiger partial charge in [0.2, 0.25) is 0 Å². The maximum absolute atomic E-state index is 12.3. The summed E-state index contributed by atoms with van der Waals surface area (Å²) < 4.78 is 0. The first-order chi connectivity index (χ1) is 11.6. The number of carbonyl (C=O) groups excluding carboxylic acids is 1. The van der Waals surface area contributed by atoms with Gasteiger partial charge in [-0.2, -0.15) is 11.3 Å². The van der Waals surface area contributed by atoms with E-state index in [1.54, 1.807) is 11.3 Å². The highest BCUT2D eigenvalue weighted by molar-refractivity contribution is 7.07. The fourth-order valence-corrected chi connectivity index (χ4v) is 4.02. The highest BCUT2D eigenvalue weighted by Gasteiger charge is 2.21. The monoisotopic (exact) mass is 343 g/mol. The SMILES string of the molecule is CN(C)C(CNC(=O)N[C@@H]1CCc2ccccc2C1)c1ccsc1. The number of likely N-dealkylation sites (N-methyl/N-ethyl adjacent to an activating group) is 1. The second-order valence-electron chi connectivity index (χ2n) is 6.60. The van der Waals surface area contributed by atoms with Gasteiger partial charge in [-0.15, -0.1) is 0 Å². The second kappa shape index (κ2) is 7.81. The quantitative estimate of drug-likeness (QED) is 0.875. The topological polar surface area (TPSA) is 44.4 Å². The molecule has 2 N–H and O–H groups in total. The molecule has 1 aromatic carbocycles. The third kappa shape index (κ3) is 4.16. The molecular formula is C19H25N3OS. The Bertz CT molecular complexity index is 669. The van der Waals surface area contributed by atoms with E-state index >= 15 is 0 Å². The first kappa shape index (κ1) is 17.0. The number of carbonyl (C=O) groups is 1. The van der Waals surface area contributed by atoms with E-state index in [0.717, 1.165) is 19.3 Å². The Morgan fingerprint density at radius 1 is 1.29 bits per heavy atom. The van der Waals surface area contributed by atoms with Crippen LogP contribution in [0.3, 0.4) is 0 Å². The van der Waals surface area contributed by atoms with Crippen LogP contribution in [0, 0.1) is 0 Å². The van der Waals surface area contributed by atoms with Crippen LogP contribution < -0.4 is 10.6 Å². The molecule has 2 aromatic rings. The molecule has 2 amide bonds. The van der Waals surface area contributed by atoms with Crippen LogP contribution in [0.4, 0.5) is 4.79 Å². The van der Waals surface area contributed by atoms with E-state index < -0.39 is 0 Å². The summed E-state index contributed by atoms with van der Waals surface area (Å²) in [5.41, 5.74) is 4.02. The number of rotatable bonds is 5. The minimum absolute atomic E-state index is 0.0681. The van der Waals surface area contributed by atoms with Crippen molar-refractivity contribution >= 4 is 17.4 Å². The molecular weight excluding hydrogens is 318 g/mol. The molecule has 1 aliphatic rings. The number of thiophene rings is 1. The van der Waals surface area contributed by atoms with Crippen LogP contribution in [0.15, 0.2) is 41.1 Å². The minimum Gasteiger partial charge on any atom is -0.336 e. The molecule has 1 aromatic heterocycles. The third-order valence-electron chi connectivity index (χ3n) is 4.69. The third-order valence-corrected chi connectivity index (χ3v) is 5.39. The van der Waals surface area contributed by atoms with E-state index in [1.807, 2.05) is 14.1 Å². The fourth-order valence-electron chi connectivity index (χ4n) is 3.31. The van der Waals surface area contributed by atoms with Gasteiger partial charge in [0.25, 0.3) is 0 Å². The Balaban J connectivity index is 1.51. The number of nitrogens with one attached hydrogen (secondary N) is 2. The zero-order valence-electron chi connectivity index (χ0n) is 14.3. The number of nitrogens with zero attached hydrogens (tertiary/aromatic N) is 1. The van der Waals surface area contributed by atoms with Crippen LogP contribution in [0.25, 0.3) is 0 Å². The van der Waals surface area contributed by atoms with E-state index in [2.05, 4.69) is 56.6 Å². The van der Waals surface area contributed by atoms with Gasteiger partial charge in [0, 0.05) is 12.6 Å². The van der Waals surface area contributed by atoms with Gasteiger partial charge in [-0.05, 0) is 66.9 Å². The second-order valence-corrected chi connectivity index (χ2v) is 7.38. The van der Waals surface area contributed by atoms with Crippen LogP contribution in [-0.4, -0.2) is 37.6 Å². The number of benzene rings is 1. The predicted molar refractivity (Wildman–Crippen MR) is 99.5 cm³/mol. The molecule has 0 fully saturated rings. The number of urea groups is 1. The van der Waals surface area contributed by atoms with Crippen LogP contribution in [0.2, 0.25) is 0 Å². The van der Waals surface area contributed by atoms with Crippen molar-refractivity contribution in [2.45, 2.75) is 31.3 Å². The zero-order valence-corrected chi connectivity index (χ0v) is 15.1. The Morgan fingerprint density at radius 2 is 2.08 bits per heavy atom. The molecule has 0 aliphatic heterocycles. The average Bonchev–Trinajstić information content (AvgIpc) is 3.09. The molecule has 5 heteroatoms. The summed E-state index contributed by atoms with van der Waals surface area (Å²) in [6, 6.07) is 11.0. The zero-order chi connectivity index (χ0) is 16.9. The smallest absolute Gasteiger partial charge is 0.315 e. The number of hydrogen-bond donors (Lipinski definition) is 2. The van der Waals surface area contributed by atoms with E-state index in [-0.39, 0.29) is 18.1 Å². The molecule has 128 valence electrons. The lowest BCUT2D eigenvalue weighted by atomic mass is 9.88. The Hall–Kier alpha value is -1.85. The summed E-state index contributed by atoms with van der Waals surface area (Å²) in [6.45, 7) is 0.610. The van der Waals surface area contributed by atoms with Crippen LogP contribution in [0.5, 0.6) is 0 Å². The van der Waals surface area contributed by atoms with Crippen molar-refractivity contribution in [2.75, 3.05) is 20.6 Å². The summed E-state index contributed by atoms with van der Waals surface area (Å²) in [7, 11) is 4.08. The molecule has 3 rings (SSSR count). The predicted octanol–water partition coefficient (Wildman–Crippen LogP) is 3.21. The largest absolute Gasteiger partial charge is 0.336 e. The molecule has 1 unspecified atom stereocenters. The summed E-state index contributed by atoms with van der Waals surface area (Å²) in [5, 5.41) is 10.4. The van der Waals surface area contributed by atoms with E-state index in [1.165, 1.54) is 16.7 Å². The Morgan fingerprint density at radius 3 is 2.79 bits per heavy atom. The maximum Gasteiger partial charge on any atom is 0.315 e. The molecule has 1 heterocycles. The van der Waals surface area contributed by atoms with Crippen molar-refractivity contribution in [3.63, 3.8) is 0 Å². The van der Waals surface area contributed by atoms with Gasteiger partial charge in [-0.3, -0.25) is 0 Å². The molecule has 1 aliphatic carbocycles. The van der Waals surface area contributed by atoms with Crippen molar-refractivity contribution in [2.24, 2.45) is 0 Å². The summed E-state index contributed by atoms with van der Waals surface area (Å²) >= 11 is 1.69. The number of amides is 2. The van der Waals surface area contributed by atoms with Crippen molar-refractivity contribution in [3.8, 4) is 0 Å². The van der Waals surface area contributed by atoms with Gasteiger partial charge in [-0.25, -0.2) is 4.79 Å². The van der Waals surface area contributed by atoms with Gasteiger partial charge < -0.3 is 15.5 Å². The van der Waals surface area contributed by atoms with Crippen molar-refractivity contribution in [1.82, 2.24) is 15.5 Å². The minimum atomic E-state index is -0.0681. The molecule has 2 atom stereocenters. The van der Waals surface area contributed by atoms with Crippen LogP contribution >= 0.6 is 11.3 Å². The molecule has 0 spiro atoms. The molecule has 0 radical (unpaired) electrons. The van der Waals surface area contributed by atoms with Gasteiger partial charge in [0.05, 0.1) is 6.04 Å². The molecule has 0 bridgehead atoms. The van der Waals surface area contributed by atoms with Crippen molar-refractivity contribution in [1.29, 1.82) is 0 Å². The van der Waals surface area contributed by atoms with Crippen LogP contribution in [-0.2, 0) is 12.8 Å². The highest BCUT2D eigenvalue weighted by atomic mass is 32.1. The van der Waals surface area contributed by atoms with Crippen LogP contribution in [0.1, 0.15) is 29.2 Å². The fraction of sp³-hybridized carbons (Fsp3) is 0.421. The lowest BCUT2D eigenvalue weighted by Crippen LogP contribution is -2.46. The van der Waals surface area contributed by atoms with E-state index in [4.69, 9.17) is 0 Å². The number of hydrogen-bond acceptors (Lipinski definition) is 3. The summed E-state index contributed by atoms with van der Waals surface area (Å²) in [5.74, 6) is 0. The van der Waals surface area contributed by atoms with Gasteiger partial charge in [0.1, 0.15) is 0 Å². The highest BCUT2D eigenvalue weighted by Crippen LogP contribution is 2.21. The lowest BCUT2D eigenvalue weighted by molar-refractivity contribution is 0.228. The average molecular weight is 343 g/mol. The molecule has 0 saturated carbocycles. The Kier molecular flexibility index (Phi) is 5.53. The van der Waals surface area contributed by atoms with E-state index in [0.29, 0.717) is 6.54 Å². The normalized spacial score (nSPS) is 18.0. The van der Waals surface area contributed by atoms with Crippen molar-refractivity contribution < 1.29 is 4.79 Å². The molecule has 4 nitrogen and oxygen atoms in total. The van der Waals surface area contributed by atoms with Gasteiger partial charge in [-0.1, -0.05) is 24.3 Å². The molecule has 0 saturated heterocycles. The lowest BCUT2D eigenvalue weighted by Gasteiger charge is -2.27. The van der Waals surface area contributed by atoms with Gasteiger partial charge >= 0.3 is 6.03 Å². The van der Waals surface area contributed by atoms with Crippen molar-refractivity contribution in [3.05, 3.63) is 57.8 Å². The van der Waals surface area contributed by atoms with E-state index in [9.17, 15) is 4.79 Å². The number of aryl methyl sites for hydroxylation is 1. The summed E-state index contributed by atoms with van der Waals surface area (Å²) in [6.07, 6.45) is 2.97. The number of fused-ring (bicyclic) bond motifs is 1. The summed E-state index contributed by atoms with van der Waals surface area (Å²) in [4.78, 5) is 14.4. The first-order valence-electron chi connectivity index (χ1n) is 8.43. The molecule has 24 heavy (non-hydrogen) atoms. The maximum atomic E-state index is 12.3. The first-order valence-corrected chi connectivity index (χ1v) is 9.37. The standard InChI is InChI=1S/C19H25N3OS/c1-22(2)18(16-9-10-24-13-16)12-20-19(23)21-17-8-7-14-5-3-4-6-15(14)11-17/h3-6,9-10,13,17-18H,7-8,11-12H2,1-2H3,(H2,20,21,23)/t17-,18?/m1/s1.